The average Bonchev–Trinajstić information content (AvgIpc) is 3.54. The Morgan fingerprint density at radius 2 is 1.61 bits per heavy atom. The van der Waals surface area contributed by atoms with Crippen LogP contribution < -0.4 is 20.3 Å². The number of sulfonamides is 1. The number of anilines is 1. The van der Waals surface area contributed by atoms with E-state index in [1.807, 2.05) is 67.6 Å². The normalized spacial score (nSPS) is 19.9. The Balaban J connectivity index is 1.44. The molecule has 0 saturated carbocycles. The molecule has 3 aromatic carbocycles. The van der Waals surface area contributed by atoms with Gasteiger partial charge in [0, 0.05) is 37.3 Å². The number of amides is 3. The highest BCUT2D eigenvalue weighted by Crippen LogP contribution is 2.25. The number of piperazine rings is 1. The molecule has 5 rings (SSSR count). The number of carbonyl (C=O) groups excluding carboxylic acids is 3. The fourth-order valence-corrected chi connectivity index (χ4v) is 6.58. The zero-order chi connectivity index (χ0) is 33.0. The molecule has 0 bridgehead atoms. The minimum absolute atomic E-state index is 0.0262. The van der Waals surface area contributed by atoms with E-state index in [9.17, 15) is 27.9 Å². The molecule has 11 nitrogen and oxygen atoms in total. The van der Waals surface area contributed by atoms with Crippen LogP contribution in [0.5, 0.6) is 0 Å². The highest BCUT2D eigenvalue weighted by molar-refractivity contribution is 7.92. The molecule has 2 heterocycles. The molecule has 2 aliphatic rings. The van der Waals surface area contributed by atoms with Gasteiger partial charge in [-0.25, -0.2) is 8.42 Å². The van der Waals surface area contributed by atoms with Crippen molar-refractivity contribution in [1.82, 2.24) is 20.9 Å². The van der Waals surface area contributed by atoms with Crippen LogP contribution in [0.2, 0.25) is 0 Å². The van der Waals surface area contributed by atoms with Gasteiger partial charge in [-0.2, -0.15) is 0 Å². The molecule has 0 aliphatic carbocycles. The summed E-state index contributed by atoms with van der Waals surface area (Å²) in [5.74, 6) is -1.32. The summed E-state index contributed by atoms with van der Waals surface area (Å²) in [6, 6.07) is 20.8. The summed E-state index contributed by atoms with van der Waals surface area (Å²) < 4.78 is 25.9. The molecule has 5 atom stereocenters. The van der Waals surface area contributed by atoms with Crippen LogP contribution in [-0.2, 0) is 21.2 Å². The lowest BCUT2D eigenvalue weighted by molar-refractivity contribution is -0.140. The summed E-state index contributed by atoms with van der Waals surface area (Å²) in [7, 11) is -2.39. The lowest BCUT2D eigenvalue weighted by Crippen LogP contribution is -2.65. The third-order valence-electron chi connectivity index (χ3n) is 8.82. The molecule has 2 fully saturated rings. The van der Waals surface area contributed by atoms with Crippen molar-refractivity contribution >= 4 is 33.4 Å². The number of hydrogen-bond donors (Lipinski definition) is 4. The lowest BCUT2D eigenvalue weighted by Gasteiger charge is -2.39. The molecular weight excluding hydrogens is 606 g/mol. The maximum Gasteiger partial charge on any atom is 0.251 e. The third-order valence-corrected chi connectivity index (χ3v) is 10.0. The van der Waals surface area contributed by atoms with E-state index in [4.69, 9.17) is 0 Å². The van der Waals surface area contributed by atoms with Crippen molar-refractivity contribution < 1.29 is 27.9 Å². The first kappa shape index (κ1) is 33.1. The van der Waals surface area contributed by atoms with Crippen LogP contribution in [0.1, 0.15) is 57.7 Å². The SMILES string of the molecule is C[C@@H](NC(=O)c1cc(C(=O)N[C@@H](Cc2ccccc2)[C@H](O)[C@@H]2NC[C@H]3CCCN3C2=O)cc(N(C)S(C)(=O)=O)c1)c1ccccc1. The molecule has 3 amide bonds. The van der Waals surface area contributed by atoms with Crippen molar-refractivity contribution in [3.63, 3.8) is 0 Å². The van der Waals surface area contributed by atoms with Gasteiger partial charge >= 0.3 is 0 Å². The molecular formula is C34H41N5O6S. The van der Waals surface area contributed by atoms with Gasteiger partial charge in [0.05, 0.1) is 30.1 Å². The van der Waals surface area contributed by atoms with E-state index in [1.54, 1.807) is 4.90 Å². The number of aliphatic hydroxyl groups is 1. The quantitative estimate of drug-likeness (QED) is 0.250. The van der Waals surface area contributed by atoms with Crippen molar-refractivity contribution in [2.45, 2.75) is 56.5 Å². The van der Waals surface area contributed by atoms with Crippen LogP contribution in [-0.4, -0.2) is 86.8 Å². The molecule has 46 heavy (non-hydrogen) atoms. The second-order valence-electron chi connectivity index (χ2n) is 12.1. The molecule has 0 spiro atoms. The fraction of sp³-hybridized carbons (Fsp3) is 0.382. The van der Waals surface area contributed by atoms with E-state index in [2.05, 4.69) is 16.0 Å². The molecule has 0 aromatic heterocycles. The predicted molar refractivity (Wildman–Crippen MR) is 176 cm³/mol. The van der Waals surface area contributed by atoms with Crippen LogP contribution >= 0.6 is 0 Å². The summed E-state index contributed by atoms with van der Waals surface area (Å²) in [4.78, 5) is 42.5. The van der Waals surface area contributed by atoms with E-state index >= 15 is 0 Å². The number of rotatable bonds is 11. The van der Waals surface area contributed by atoms with Gasteiger partial charge in [-0.05, 0) is 55.5 Å². The Labute approximate surface area is 270 Å². The van der Waals surface area contributed by atoms with Crippen LogP contribution in [0, 0.1) is 0 Å². The zero-order valence-electron chi connectivity index (χ0n) is 26.2. The fourth-order valence-electron chi connectivity index (χ4n) is 6.09. The van der Waals surface area contributed by atoms with E-state index in [0.29, 0.717) is 13.1 Å². The Morgan fingerprint density at radius 3 is 2.24 bits per heavy atom. The minimum atomic E-state index is -3.73. The van der Waals surface area contributed by atoms with Gasteiger partial charge in [-0.1, -0.05) is 60.7 Å². The molecule has 2 saturated heterocycles. The van der Waals surface area contributed by atoms with Gasteiger partial charge in [0.15, 0.2) is 0 Å². The monoisotopic (exact) mass is 647 g/mol. The number of carbonyl (C=O) groups is 3. The first-order valence-corrected chi connectivity index (χ1v) is 17.3. The van der Waals surface area contributed by atoms with Crippen LogP contribution in [0.25, 0.3) is 0 Å². The van der Waals surface area contributed by atoms with E-state index in [1.165, 1.54) is 25.2 Å². The second kappa shape index (κ2) is 14.0. The largest absolute Gasteiger partial charge is 0.389 e. The molecule has 2 aliphatic heterocycles. The van der Waals surface area contributed by atoms with Gasteiger partial charge in [0.1, 0.15) is 6.04 Å². The van der Waals surface area contributed by atoms with Gasteiger partial charge < -0.3 is 26.0 Å². The van der Waals surface area contributed by atoms with Crippen molar-refractivity contribution in [1.29, 1.82) is 0 Å². The third kappa shape index (κ3) is 7.57. The number of nitrogens with one attached hydrogen (secondary N) is 3. The molecule has 0 radical (unpaired) electrons. The maximum absolute atomic E-state index is 13.9. The van der Waals surface area contributed by atoms with Crippen LogP contribution in [0.3, 0.4) is 0 Å². The Morgan fingerprint density at radius 1 is 1.00 bits per heavy atom. The summed E-state index contributed by atoms with van der Waals surface area (Å²) in [6.07, 6.45) is 1.80. The Kier molecular flexibility index (Phi) is 10.1. The topological polar surface area (TPSA) is 148 Å². The Hall–Kier alpha value is -4.26. The first-order valence-electron chi connectivity index (χ1n) is 15.4. The summed E-state index contributed by atoms with van der Waals surface area (Å²) in [5, 5.41) is 20.6. The highest BCUT2D eigenvalue weighted by atomic mass is 32.2. The van der Waals surface area contributed by atoms with Gasteiger partial charge in [0.25, 0.3) is 11.8 Å². The van der Waals surface area contributed by atoms with E-state index in [0.717, 1.165) is 34.5 Å². The lowest BCUT2D eigenvalue weighted by atomic mass is 9.93. The van der Waals surface area contributed by atoms with E-state index < -0.39 is 40.0 Å². The van der Waals surface area contributed by atoms with Gasteiger partial charge in [-0.3, -0.25) is 18.7 Å². The van der Waals surface area contributed by atoms with E-state index in [-0.39, 0.29) is 41.2 Å². The number of hydrogen-bond acceptors (Lipinski definition) is 7. The molecule has 244 valence electrons. The second-order valence-corrected chi connectivity index (χ2v) is 14.1. The minimum Gasteiger partial charge on any atom is -0.389 e. The summed E-state index contributed by atoms with van der Waals surface area (Å²) in [5.41, 5.74) is 1.96. The first-order chi connectivity index (χ1) is 21.9. The molecule has 3 aromatic rings. The van der Waals surface area contributed by atoms with Gasteiger partial charge in [-0.15, -0.1) is 0 Å². The summed E-state index contributed by atoms with van der Waals surface area (Å²) in [6.45, 7) is 3.02. The van der Waals surface area contributed by atoms with Crippen molar-refractivity contribution in [3.05, 3.63) is 101 Å². The smallest absolute Gasteiger partial charge is 0.251 e. The highest BCUT2D eigenvalue weighted by Gasteiger charge is 2.43. The summed E-state index contributed by atoms with van der Waals surface area (Å²) >= 11 is 0. The molecule has 4 N–H and O–H groups in total. The van der Waals surface area contributed by atoms with Crippen molar-refractivity contribution in [2.75, 3.05) is 30.7 Å². The Bertz CT molecular complexity index is 1670. The van der Waals surface area contributed by atoms with Crippen LogP contribution in [0.4, 0.5) is 5.69 Å². The maximum atomic E-state index is 13.9. The van der Waals surface area contributed by atoms with Crippen molar-refractivity contribution in [2.24, 2.45) is 0 Å². The zero-order valence-corrected chi connectivity index (χ0v) is 27.0. The standard InChI is InChI=1S/C34H41N5O6S/c1-22(24-13-8-5-9-14-24)36-32(41)25-18-26(20-28(19-25)38(2)46(3,44)45)33(42)37-29(17-23-11-6-4-7-12-23)31(40)30-34(43)39-16-10-15-27(39)21-35-30/h4-9,11-14,18-20,22,27,29-31,35,40H,10,15-17,21H2,1-3H3,(H,36,41)(H,37,42)/t22-,27-,29+,30+,31+/m1/s1. The molecule has 12 heteroatoms. The number of fused-ring (bicyclic) bond motifs is 1. The average molecular weight is 648 g/mol. The molecule has 0 unspecified atom stereocenters. The number of nitrogens with zero attached hydrogens (tertiary/aromatic N) is 2. The van der Waals surface area contributed by atoms with Gasteiger partial charge in [0.2, 0.25) is 15.9 Å². The van der Waals surface area contributed by atoms with Crippen LogP contribution in [0.15, 0.2) is 78.9 Å². The number of benzene rings is 3. The predicted octanol–water partition coefficient (Wildman–Crippen LogP) is 2.24. The van der Waals surface area contributed by atoms with Crippen molar-refractivity contribution in [3.8, 4) is 0 Å². The number of aliphatic hydroxyl groups excluding tert-OH is 1.